The zero-order valence-electron chi connectivity index (χ0n) is 9.88. The van der Waals surface area contributed by atoms with Crippen LogP contribution in [0.2, 0.25) is 5.02 Å². The third-order valence-corrected chi connectivity index (χ3v) is 3.67. The largest absolute Gasteiger partial charge is 0.317 e. The molecule has 88 valence electrons. The first kappa shape index (κ1) is 11.9. The standard InChI is InChI=1S/C14H20ClN/c1-16-14(12-8-9-12)7-3-5-11-4-2-6-13(15)10-11/h2,4,6,10,12,14,16H,3,5,7-9H2,1H3. The Labute approximate surface area is 103 Å². The lowest BCUT2D eigenvalue weighted by Gasteiger charge is -2.14. The van der Waals surface area contributed by atoms with Crippen molar-refractivity contribution in [1.29, 1.82) is 0 Å². The molecule has 16 heavy (non-hydrogen) atoms. The molecule has 1 saturated carbocycles. The molecule has 1 aliphatic carbocycles. The molecule has 1 aromatic rings. The molecule has 0 bridgehead atoms. The summed E-state index contributed by atoms with van der Waals surface area (Å²) in [4.78, 5) is 0. The molecular formula is C14H20ClN. The number of nitrogens with one attached hydrogen (secondary N) is 1. The number of hydrogen-bond acceptors (Lipinski definition) is 1. The van der Waals surface area contributed by atoms with E-state index in [0.717, 1.165) is 23.4 Å². The molecule has 0 aromatic heterocycles. The van der Waals surface area contributed by atoms with Gasteiger partial charge < -0.3 is 5.32 Å². The van der Waals surface area contributed by atoms with Crippen molar-refractivity contribution in [2.24, 2.45) is 5.92 Å². The lowest BCUT2D eigenvalue weighted by molar-refractivity contribution is 0.456. The van der Waals surface area contributed by atoms with Crippen molar-refractivity contribution in [2.75, 3.05) is 7.05 Å². The average molecular weight is 238 g/mol. The Kier molecular flexibility index (Phi) is 4.25. The number of benzene rings is 1. The fraction of sp³-hybridized carbons (Fsp3) is 0.571. The Morgan fingerprint density at radius 1 is 1.44 bits per heavy atom. The molecule has 0 spiro atoms. The van der Waals surface area contributed by atoms with Gasteiger partial charge in [0.05, 0.1) is 0 Å². The van der Waals surface area contributed by atoms with Gasteiger partial charge in [-0.25, -0.2) is 0 Å². The predicted molar refractivity (Wildman–Crippen MR) is 70.0 cm³/mol. The van der Waals surface area contributed by atoms with Crippen LogP contribution in [0.4, 0.5) is 0 Å². The molecule has 1 fully saturated rings. The molecule has 0 amide bonds. The summed E-state index contributed by atoms with van der Waals surface area (Å²) in [5.74, 6) is 0.948. The first-order valence-corrected chi connectivity index (χ1v) is 6.59. The maximum atomic E-state index is 5.96. The Hall–Kier alpha value is -0.530. The SMILES string of the molecule is CNC(CCCc1cccc(Cl)c1)C1CC1. The van der Waals surface area contributed by atoms with Gasteiger partial charge in [0.25, 0.3) is 0 Å². The smallest absolute Gasteiger partial charge is 0.0408 e. The fourth-order valence-corrected chi connectivity index (χ4v) is 2.55. The Balaban J connectivity index is 1.74. The van der Waals surface area contributed by atoms with Gasteiger partial charge in [-0.2, -0.15) is 0 Å². The Morgan fingerprint density at radius 3 is 2.88 bits per heavy atom. The first-order chi connectivity index (χ1) is 7.79. The van der Waals surface area contributed by atoms with Gasteiger partial charge >= 0.3 is 0 Å². The predicted octanol–water partition coefficient (Wildman–Crippen LogP) is 3.66. The van der Waals surface area contributed by atoms with Crippen molar-refractivity contribution in [1.82, 2.24) is 5.32 Å². The van der Waals surface area contributed by atoms with Gasteiger partial charge in [-0.15, -0.1) is 0 Å². The topological polar surface area (TPSA) is 12.0 Å². The second-order valence-electron chi connectivity index (χ2n) is 4.75. The van der Waals surface area contributed by atoms with Gasteiger partial charge in [0.15, 0.2) is 0 Å². The maximum Gasteiger partial charge on any atom is 0.0408 e. The minimum Gasteiger partial charge on any atom is -0.317 e. The number of halogens is 1. The Morgan fingerprint density at radius 2 is 2.25 bits per heavy atom. The minimum atomic E-state index is 0.735. The number of hydrogen-bond donors (Lipinski definition) is 1. The van der Waals surface area contributed by atoms with Crippen LogP contribution in [0, 0.1) is 5.92 Å². The second-order valence-corrected chi connectivity index (χ2v) is 5.19. The van der Waals surface area contributed by atoms with Crippen molar-refractivity contribution in [3.05, 3.63) is 34.9 Å². The summed E-state index contributed by atoms with van der Waals surface area (Å²) < 4.78 is 0. The molecule has 1 atom stereocenters. The van der Waals surface area contributed by atoms with E-state index in [4.69, 9.17) is 11.6 Å². The van der Waals surface area contributed by atoms with E-state index in [-0.39, 0.29) is 0 Å². The summed E-state index contributed by atoms with van der Waals surface area (Å²) in [6.07, 6.45) is 6.52. The summed E-state index contributed by atoms with van der Waals surface area (Å²) in [7, 11) is 2.09. The summed E-state index contributed by atoms with van der Waals surface area (Å²) in [5, 5.41) is 4.29. The van der Waals surface area contributed by atoms with E-state index in [1.54, 1.807) is 0 Å². The van der Waals surface area contributed by atoms with Crippen LogP contribution >= 0.6 is 11.6 Å². The van der Waals surface area contributed by atoms with Crippen LogP contribution in [0.1, 0.15) is 31.2 Å². The van der Waals surface area contributed by atoms with Gasteiger partial charge in [0.1, 0.15) is 0 Å². The zero-order valence-corrected chi connectivity index (χ0v) is 10.6. The van der Waals surface area contributed by atoms with E-state index < -0.39 is 0 Å². The monoisotopic (exact) mass is 237 g/mol. The van der Waals surface area contributed by atoms with Gasteiger partial charge in [-0.1, -0.05) is 23.7 Å². The summed E-state index contributed by atoms with van der Waals surface area (Å²) in [6, 6.07) is 8.95. The summed E-state index contributed by atoms with van der Waals surface area (Å²) in [5.41, 5.74) is 1.36. The quantitative estimate of drug-likeness (QED) is 0.796. The molecule has 1 aliphatic rings. The van der Waals surface area contributed by atoms with Crippen molar-refractivity contribution >= 4 is 11.6 Å². The van der Waals surface area contributed by atoms with Gasteiger partial charge in [-0.3, -0.25) is 0 Å². The van der Waals surface area contributed by atoms with Crippen LogP contribution < -0.4 is 5.32 Å². The van der Waals surface area contributed by atoms with Crippen molar-refractivity contribution < 1.29 is 0 Å². The van der Waals surface area contributed by atoms with Crippen LogP contribution in [0.3, 0.4) is 0 Å². The highest BCUT2D eigenvalue weighted by Gasteiger charge is 2.29. The van der Waals surface area contributed by atoms with Crippen LogP contribution in [-0.4, -0.2) is 13.1 Å². The lowest BCUT2D eigenvalue weighted by Crippen LogP contribution is -2.27. The van der Waals surface area contributed by atoms with E-state index in [1.807, 2.05) is 12.1 Å². The molecule has 0 heterocycles. The van der Waals surface area contributed by atoms with E-state index in [1.165, 1.54) is 31.2 Å². The maximum absolute atomic E-state index is 5.96. The summed E-state index contributed by atoms with van der Waals surface area (Å²) >= 11 is 5.96. The lowest BCUT2D eigenvalue weighted by atomic mass is 10.0. The number of aryl methyl sites for hydroxylation is 1. The van der Waals surface area contributed by atoms with Gasteiger partial charge in [0, 0.05) is 11.1 Å². The zero-order chi connectivity index (χ0) is 11.4. The van der Waals surface area contributed by atoms with E-state index in [2.05, 4.69) is 24.5 Å². The highest BCUT2D eigenvalue weighted by Crippen LogP contribution is 2.34. The van der Waals surface area contributed by atoms with Gasteiger partial charge in [0.2, 0.25) is 0 Å². The van der Waals surface area contributed by atoms with E-state index in [9.17, 15) is 0 Å². The Bertz CT molecular complexity index is 333. The van der Waals surface area contributed by atoms with Crippen molar-refractivity contribution in [2.45, 2.75) is 38.1 Å². The normalized spacial score (nSPS) is 17.4. The van der Waals surface area contributed by atoms with Gasteiger partial charge in [-0.05, 0) is 62.8 Å². The highest BCUT2D eigenvalue weighted by molar-refractivity contribution is 6.30. The second kappa shape index (κ2) is 5.70. The minimum absolute atomic E-state index is 0.735. The fourth-order valence-electron chi connectivity index (χ4n) is 2.33. The van der Waals surface area contributed by atoms with Crippen molar-refractivity contribution in [3.63, 3.8) is 0 Å². The third kappa shape index (κ3) is 3.50. The van der Waals surface area contributed by atoms with Crippen LogP contribution in [0.15, 0.2) is 24.3 Å². The first-order valence-electron chi connectivity index (χ1n) is 6.21. The number of rotatable bonds is 6. The molecule has 2 heteroatoms. The molecule has 1 unspecified atom stereocenters. The molecule has 0 aliphatic heterocycles. The molecular weight excluding hydrogens is 218 g/mol. The average Bonchev–Trinajstić information content (AvgIpc) is 3.08. The van der Waals surface area contributed by atoms with Crippen molar-refractivity contribution in [3.8, 4) is 0 Å². The van der Waals surface area contributed by atoms with E-state index >= 15 is 0 Å². The molecule has 1 aromatic carbocycles. The van der Waals surface area contributed by atoms with E-state index in [0.29, 0.717) is 0 Å². The van der Waals surface area contributed by atoms with Crippen LogP contribution in [-0.2, 0) is 6.42 Å². The molecule has 2 rings (SSSR count). The third-order valence-electron chi connectivity index (χ3n) is 3.43. The molecule has 0 saturated heterocycles. The molecule has 0 radical (unpaired) electrons. The van der Waals surface area contributed by atoms with Crippen LogP contribution in [0.25, 0.3) is 0 Å². The molecule has 1 N–H and O–H groups in total. The highest BCUT2D eigenvalue weighted by atomic mass is 35.5. The molecule has 1 nitrogen and oxygen atoms in total. The summed E-state index contributed by atoms with van der Waals surface area (Å²) in [6.45, 7) is 0. The van der Waals surface area contributed by atoms with Crippen LogP contribution in [0.5, 0.6) is 0 Å².